The lowest BCUT2D eigenvalue weighted by Crippen LogP contribution is -1.92. The molecule has 60 valence electrons. The number of aromatic nitrogens is 1. The summed E-state index contributed by atoms with van der Waals surface area (Å²) < 4.78 is 5.08. The van der Waals surface area contributed by atoms with Crippen LogP contribution in [-0.4, -0.2) is 12.1 Å². The van der Waals surface area contributed by atoms with Gasteiger partial charge in [0.25, 0.3) is 0 Å². The largest absolute Gasteiger partial charge is 0.495 e. The van der Waals surface area contributed by atoms with Crippen LogP contribution in [0.15, 0.2) is 6.20 Å². The van der Waals surface area contributed by atoms with Gasteiger partial charge in [0.15, 0.2) is 0 Å². The summed E-state index contributed by atoms with van der Waals surface area (Å²) in [4.78, 5) is 4.07. The number of nitrogens with zero attached hydrogens (tertiary/aromatic N) is 1. The summed E-state index contributed by atoms with van der Waals surface area (Å²) in [5.41, 5.74) is 1.76. The van der Waals surface area contributed by atoms with Crippen molar-refractivity contribution >= 4 is 11.6 Å². The predicted octanol–water partition coefficient (Wildman–Crippen LogP) is 2.36. The van der Waals surface area contributed by atoms with Crippen LogP contribution in [0.25, 0.3) is 0 Å². The number of hydrogen-bond donors (Lipinski definition) is 0. The summed E-state index contributed by atoms with van der Waals surface area (Å²) in [5, 5.41) is 0.604. The zero-order chi connectivity index (χ0) is 8.43. The Balaban J connectivity index is 3.29. The van der Waals surface area contributed by atoms with Crippen molar-refractivity contribution in [3.63, 3.8) is 0 Å². The van der Waals surface area contributed by atoms with Crippen LogP contribution in [0.3, 0.4) is 0 Å². The van der Waals surface area contributed by atoms with Gasteiger partial charge in [0.05, 0.1) is 12.8 Å². The molecule has 1 aromatic rings. The Labute approximate surface area is 71.2 Å². The Kier molecular flexibility index (Phi) is 2.35. The van der Waals surface area contributed by atoms with Gasteiger partial charge in [0, 0.05) is 11.8 Å². The minimum atomic E-state index is 0.604. The van der Waals surface area contributed by atoms with E-state index in [1.54, 1.807) is 13.3 Å². The Morgan fingerprint density at radius 3 is 2.55 bits per heavy atom. The van der Waals surface area contributed by atoms with Gasteiger partial charge in [-0.15, -0.1) is 0 Å². The minimum Gasteiger partial charge on any atom is -0.495 e. The van der Waals surface area contributed by atoms with E-state index in [2.05, 4.69) is 4.98 Å². The highest BCUT2D eigenvalue weighted by Crippen LogP contribution is 2.28. The van der Waals surface area contributed by atoms with Crippen LogP contribution in [0.1, 0.15) is 11.3 Å². The maximum atomic E-state index is 5.91. The Morgan fingerprint density at radius 1 is 1.45 bits per heavy atom. The van der Waals surface area contributed by atoms with Gasteiger partial charge >= 0.3 is 0 Å². The first-order valence-electron chi connectivity index (χ1n) is 3.32. The molecule has 1 heterocycles. The number of rotatable bonds is 1. The average Bonchev–Trinajstić information content (AvgIpc) is 1.99. The standard InChI is InChI=1S/C8H10ClNO/c1-5-4-10-6(2)7(9)8(5)11-3/h4H,1-3H3. The third kappa shape index (κ3) is 1.46. The molecule has 0 aliphatic rings. The number of methoxy groups -OCH3 is 1. The molecule has 0 spiro atoms. The van der Waals surface area contributed by atoms with Gasteiger partial charge in [-0.05, 0) is 13.8 Å². The van der Waals surface area contributed by atoms with E-state index in [-0.39, 0.29) is 0 Å². The molecule has 0 radical (unpaired) electrons. The van der Waals surface area contributed by atoms with Crippen molar-refractivity contribution in [3.05, 3.63) is 22.5 Å². The maximum Gasteiger partial charge on any atom is 0.143 e. The summed E-state index contributed by atoms with van der Waals surface area (Å²) in [6, 6.07) is 0. The van der Waals surface area contributed by atoms with E-state index in [0.29, 0.717) is 5.02 Å². The molecule has 0 amide bonds. The summed E-state index contributed by atoms with van der Waals surface area (Å²) in [5.74, 6) is 0.721. The lowest BCUT2D eigenvalue weighted by atomic mass is 10.2. The van der Waals surface area contributed by atoms with Crippen LogP contribution in [-0.2, 0) is 0 Å². The monoisotopic (exact) mass is 171 g/mol. The molecule has 0 atom stereocenters. The van der Waals surface area contributed by atoms with Gasteiger partial charge < -0.3 is 4.74 Å². The van der Waals surface area contributed by atoms with Crippen LogP contribution in [0, 0.1) is 13.8 Å². The minimum absolute atomic E-state index is 0.604. The van der Waals surface area contributed by atoms with E-state index in [0.717, 1.165) is 17.0 Å². The van der Waals surface area contributed by atoms with Gasteiger partial charge in [-0.2, -0.15) is 0 Å². The Hall–Kier alpha value is -0.760. The molecule has 0 unspecified atom stereocenters. The zero-order valence-electron chi connectivity index (χ0n) is 6.81. The lowest BCUT2D eigenvalue weighted by Gasteiger charge is -2.07. The van der Waals surface area contributed by atoms with Crippen molar-refractivity contribution in [2.45, 2.75) is 13.8 Å². The van der Waals surface area contributed by atoms with Crippen LogP contribution in [0.5, 0.6) is 5.75 Å². The quantitative estimate of drug-likeness (QED) is 0.647. The second-order valence-electron chi connectivity index (χ2n) is 2.37. The highest BCUT2D eigenvalue weighted by atomic mass is 35.5. The number of pyridine rings is 1. The first kappa shape index (κ1) is 8.34. The van der Waals surface area contributed by atoms with E-state index in [1.807, 2.05) is 13.8 Å². The van der Waals surface area contributed by atoms with E-state index in [1.165, 1.54) is 0 Å². The number of hydrogen-bond acceptors (Lipinski definition) is 2. The molecule has 0 N–H and O–H groups in total. The molecule has 0 saturated heterocycles. The van der Waals surface area contributed by atoms with Gasteiger partial charge in [-0.3, -0.25) is 4.98 Å². The summed E-state index contributed by atoms with van der Waals surface area (Å²) in [7, 11) is 1.60. The second-order valence-corrected chi connectivity index (χ2v) is 2.75. The fourth-order valence-corrected chi connectivity index (χ4v) is 1.17. The second kappa shape index (κ2) is 3.09. The predicted molar refractivity (Wildman–Crippen MR) is 45.3 cm³/mol. The molecule has 1 rings (SSSR count). The zero-order valence-corrected chi connectivity index (χ0v) is 7.57. The first-order chi connectivity index (χ1) is 5.16. The van der Waals surface area contributed by atoms with Crippen molar-refractivity contribution < 1.29 is 4.74 Å². The molecule has 0 fully saturated rings. The first-order valence-corrected chi connectivity index (χ1v) is 3.70. The SMILES string of the molecule is COc1c(C)cnc(C)c1Cl. The van der Waals surface area contributed by atoms with Crippen molar-refractivity contribution in [2.75, 3.05) is 7.11 Å². The van der Waals surface area contributed by atoms with Crippen molar-refractivity contribution in [2.24, 2.45) is 0 Å². The van der Waals surface area contributed by atoms with Crippen LogP contribution in [0.4, 0.5) is 0 Å². The highest BCUT2D eigenvalue weighted by Gasteiger charge is 2.06. The van der Waals surface area contributed by atoms with Crippen LogP contribution >= 0.6 is 11.6 Å². The molecular formula is C8H10ClNO. The molecule has 11 heavy (non-hydrogen) atoms. The Morgan fingerprint density at radius 2 is 2.09 bits per heavy atom. The highest BCUT2D eigenvalue weighted by molar-refractivity contribution is 6.32. The van der Waals surface area contributed by atoms with Gasteiger partial charge in [0.1, 0.15) is 10.8 Å². The maximum absolute atomic E-state index is 5.91. The molecular weight excluding hydrogens is 162 g/mol. The van der Waals surface area contributed by atoms with Crippen molar-refractivity contribution in [1.82, 2.24) is 4.98 Å². The molecule has 0 aliphatic carbocycles. The Bertz CT molecular complexity index is 273. The summed E-state index contributed by atoms with van der Waals surface area (Å²) in [6.07, 6.45) is 1.75. The molecule has 3 heteroatoms. The van der Waals surface area contributed by atoms with Gasteiger partial charge in [-0.1, -0.05) is 11.6 Å². The fourth-order valence-electron chi connectivity index (χ4n) is 0.897. The fraction of sp³-hybridized carbons (Fsp3) is 0.375. The lowest BCUT2D eigenvalue weighted by molar-refractivity contribution is 0.411. The third-order valence-corrected chi connectivity index (χ3v) is 1.98. The summed E-state index contributed by atoms with van der Waals surface area (Å²) >= 11 is 5.91. The van der Waals surface area contributed by atoms with Crippen LogP contribution in [0.2, 0.25) is 5.02 Å². The third-order valence-electron chi connectivity index (χ3n) is 1.53. The molecule has 0 aliphatic heterocycles. The molecule has 2 nitrogen and oxygen atoms in total. The van der Waals surface area contributed by atoms with Crippen molar-refractivity contribution in [1.29, 1.82) is 0 Å². The van der Waals surface area contributed by atoms with E-state index in [4.69, 9.17) is 16.3 Å². The number of aryl methyl sites for hydroxylation is 2. The normalized spacial score (nSPS) is 9.82. The number of halogens is 1. The van der Waals surface area contributed by atoms with Crippen molar-refractivity contribution in [3.8, 4) is 5.75 Å². The van der Waals surface area contributed by atoms with Gasteiger partial charge in [-0.25, -0.2) is 0 Å². The number of ether oxygens (including phenoxy) is 1. The van der Waals surface area contributed by atoms with E-state index < -0.39 is 0 Å². The molecule has 0 aromatic carbocycles. The van der Waals surface area contributed by atoms with E-state index >= 15 is 0 Å². The van der Waals surface area contributed by atoms with Gasteiger partial charge in [0.2, 0.25) is 0 Å². The molecule has 1 aromatic heterocycles. The molecule has 0 saturated carbocycles. The van der Waals surface area contributed by atoms with Crippen LogP contribution < -0.4 is 4.74 Å². The average molecular weight is 172 g/mol. The smallest absolute Gasteiger partial charge is 0.143 e. The summed E-state index contributed by atoms with van der Waals surface area (Å²) in [6.45, 7) is 3.77. The van der Waals surface area contributed by atoms with E-state index in [9.17, 15) is 0 Å². The topological polar surface area (TPSA) is 22.1 Å². The molecule has 0 bridgehead atoms.